The zero-order chi connectivity index (χ0) is 14.1. The number of nitrogens with two attached hydrogens (primary N) is 1. The number of hydrogen-bond donors (Lipinski definition) is 3. The van der Waals surface area contributed by atoms with Crippen molar-refractivity contribution in [1.29, 1.82) is 0 Å². The van der Waals surface area contributed by atoms with E-state index in [4.69, 9.17) is 5.73 Å². The lowest BCUT2D eigenvalue weighted by Crippen LogP contribution is -2.13. The number of anilines is 2. The van der Waals surface area contributed by atoms with Gasteiger partial charge in [-0.2, -0.15) is 5.10 Å². The molecule has 2 aromatic carbocycles. The molecule has 3 rings (SSSR count). The molecule has 3 aromatic rings. The van der Waals surface area contributed by atoms with Crippen LogP contribution in [0.5, 0.6) is 0 Å². The number of benzene rings is 2. The Morgan fingerprint density at radius 1 is 1.30 bits per heavy atom. The molecule has 1 aromatic heterocycles. The van der Waals surface area contributed by atoms with Crippen LogP contribution in [-0.2, 0) is 0 Å². The molecule has 0 aliphatic heterocycles. The van der Waals surface area contributed by atoms with Crippen LogP contribution in [0, 0.1) is 0 Å². The van der Waals surface area contributed by atoms with E-state index < -0.39 is 0 Å². The van der Waals surface area contributed by atoms with Crippen LogP contribution >= 0.6 is 15.9 Å². The average molecular weight is 331 g/mol. The van der Waals surface area contributed by atoms with Crippen molar-refractivity contribution in [3.63, 3.8) is 0 Å². The van der Waals surface area contributed by atoms with Crippen LogP contribution in [0.3, 0.4) is 0 Å². The molecule has 1 heterocycles. The summed E-state index contributed by atoms with van der Waals surface area (Å²) in [6.07, 6.45) is 1.71. The number of aromatic nitrogens is 2. The van der Waals surface area contributed by atoms with E-state index in [1.807, 2.05) is 18.2 Å². The Labute approximate surface area is 123 Å². The van der Waals surface area contributed by atoms with Crippen LogP contribution in [0.4, 0.5) is 11.4 Å². The Morgan fingerprint density at radius 2 is 2.15 bits per heavy atom. The van der Waals surface area contributed by atoms with Crippen LogP contribution in [-0.4, -0.2) is 16.1 Å². The number of carbonyl (C=O) groups excluding carboxylic acids is 1. The first kappa shape index (κ1) is 12.7. The minimum atomic E-state index is -0.230. The summed E-state index contributed by atoms with van der Waals surface area (Å²) in [4.78, 5) is 12.3. The van der Waals surface area contributed by atoms with Crippen molar-refractivity contribution in [3.05, 3.63) is 52.6 Å². The molecule has 0 saturated heterocycles. The van der Waals surface area contributed by atoms with Crippen LogP contribution in [0.15, 0.2) is 47.1 Å². The van der Waals surface area contributed by atoms with Gasteiger partial charge in [-0.1, -0.05) is 12.1 Å². The Balaban J connectivity index is 1.96. The summed E-state index contributed by atoms with van der Waals surface area (Å²) < 4.78 is 0.695. The summed E-state index contributed by atoms with van der Waals surface area (Å²) in [6, 6.07) is 10.7. The standard InChI is InChI=1S/C14H11BrN4O/c15-11-5-4-9(16)6-10(11)14(20)18-12-3-1-2-8-7-17-19-13(8)12/h1-7H,16H2,(H,17,19)(H,18,20). The molecule has 0 spiro atoms. The number of H-pyrrole nitrogens is 1. The summed E-state index contributed by atoms with van der Waals surface area (Å²) >= 11 is 3.35. The topological polar surface area (TPSA) is 83.8 Å². The Kier molecular flexibility index (Phi) is 3.15. The molecular weight excluding hydrogens is 320 g/mol. The number of nitrogens with zero attached hydrogens (tertiary/aromatic N) is 1. The predicted octanol–water partition coefficient (Wildman–Crippen LogP) is 3.16. The SMILES string of the molecule is Nc1ccc(Br)c(C(=O)Nc2cccc3cn[nH]c23)c1. The summed E-state index contributed by atoms with van der Waals surface area (Å²) in [5.74, 6) is -0.230. The maximum atomic E-state index is 12.3. The van der Waals surface area contributed by atoms with Gasteiger partial charge in [0.25, 0.3) is 5.91 Å². The molecule has 0 unspecified atom stereocenters. The van der Waals surface area contributed by atoms with Gasteiger partial charge in [0, 0.05) is 15.5 Å². The van der Waals surface area contributed by atoms with Gasteiger partial charge in [-0.05, 0) is 40.2 Å². The number of aromatic amines is 1. The third kappa shape index (κ3) is 2.25. The summed E-state index contributed by atoms with van der Waals surface area (Å²) in [5, 5.41) is 10.6. The second kappa shape index (κ2) is 4.97. The number of carbonyl (C=O) groups is 1. The number of rotatable bonds is 2. The van der Waals surface area contributed by atoms with E-state index in [0.717, 1.165) is 10.9 Å². The lowest BCUT2D eigenvalue weighted by Gasteiger charge is -2.08. The third-order valence-corrected chi connectivity index (χ3v) is 3.65. The average Bonchev–Trinajstić information content (AvgIpc) is 2.91. The molecule has 0 aliphatic carbocycles. The lowest BCUT2D eigenvalue weighted by atomic mass is 10.1. The molecule has 0 saturated carbocycles. The van der Waals surface area contributed by atoms with Crippen molar-refractivity contribution >= 4 is 44.1 Å². The van der Waals surface area contributed by atoms with E-state index in [9.17, 15) is 4.79 Å². The Hall–Kier alpha value is -2.34. The van der Waals surface area contributed by atoms with Crippen LogP contribution in [0.25, 0.3) is 10.9 Å². The molecule has 1 amide bonds. The van der Waals surface area contributed by atoms with Crippen molar-refractivity contribution in [2.75, 3.05) is 11.1 Å². The largest absolute Gasteiger partial charge is 0.399 e. The molecule has 0 atom stereocenters. The third-order valence-electron chi connectivity index (χ3n) is 2.96. The van der Waals surface area contributed by atoms with Gasteiger partial charge in [0.15, 0.2) is 0 Å². The van der Waals surface area contributed by atoms with Crippen molar-refractivity contribution in [2.24, 2.45) is 0 Å². The summed E-state index contributed by atoms with van der Waals surface area (Å²) in [5.41, 5.74) is 8.22. The van der Waals surface area contributed by atoms with Crippen LogP contribution in [0.2, 0.25) is 0 Å². The van der Waals surface area contributed by atoms with Crippen molar-refractivity contribution in [3.8, 4) is 0 Å². The molecule has 6 heteroatoms. The van der Waals surface area contributed by atoms with Crippen LogP contribution < -0.4 is 11.1 Å². The van der Waals surface area contributed by atoms with Crippen molar-refractivity contribution < 1.29 is 4.79 Å². The Bertz CT molecular complexity index is 797. The van der Waals surface area contributed by atoms with E-state index in [1.54, 1.807) is 24.4 Å². The number of fused-ring (bicyclic) bond motifs is 1. The van der Waals surface area contributed by atoms with Gasteiger partial charge >= 0.3 is 0 Å². The minimum Gasteiger partial charge on any atom is -0.399 e. The van der Waals surface area contributed by atoms with E-state index in [0.29, 0.717) is 21.4 Å². The highest BCUT2D eigenvalue weighted by molar-refractivity contribution is 9.10. The fraction of sp³-hybridized carbons (Fsp3) is 0. The second-order valence-corrected chi connectivity index (χ2v) is 5.19. The zero-order valence-corrected chi connectivity index (χ0v) is 11.9. The first-order valence-electron chi connectivity index (χ1n) is 5.93. The first-order valence-corrected chi connectivity index (χ1v) is 6.73. The van der Waals surface area contributed by atoms with Gasteiger partial charge in [-0.15, -0.1) is 0 Å². The number of halogens is 1. The van der Waals surface area contributed by atoms with E-state index in [2.05, 4.69) is 31.4 Å². The number of amides is 1. The van der Waals surface area contributed by atoms with Gasteiger partial charge in [-0.25, -0.2) is 0 Å². The monoisotopic (exact) mass is 330 g/mol. The molecule has 0 aliphatic rings. The summed E-state index contributed by atoms with van der Waals surface area (Å²) in [6.45, 7) is 0. The second-order valence-electron chi connectivity index (χ2n) is 4.33. The van der Waals surface area contributed by atoms with Crippen LogP contribution in [0.1, 0.15) is 10.4 Å². The number of para-hydroxylation sites is 1. The molecular formula is C14H11BrN4O. The van der Waals surface area contributed by atoms with E-state index in [1.165, 1.54) is 0 Å². The number of hydrogen-bond acceptors (Lipinski definition) is 3. The maximum absolute atomic E-state index is 12.3. The molecule has 5 nitrogen and oxygen atoms in total. The molecule has 0 fully saturated rings. The normalized spacial score (nSPS) is 10.7. The Morgan fingerprint density at radius 3 is 3.00 bits per heavy atom. The molecule has 100 valence electrons. The zero-order valence-electron chi connectivity index (χ0n) is 10.4. The van der Waals surface area contributed by atoms with Gasteiger partial charge in [0.1, 0.15) is 0 Å². The number of nitrogen functional groups attached to an aromatic ring is 1. The lowest BCUT2D eigenvalue weighted by molar-refractivity contribution is 0.102. The molecule has 20 heavy (non-hydrogen) atoms. The van der Waals surface area contributed by atoms with E-state index in [-0.39, 0.29) is 5.91 Å². The quantitative estimate of drug-likeness (QED) is 0.631. The van der Waals surface area contributed by atoms with Gasteiger partial charge in [0.2, 0.25) is 0 Å². The predicted molar refractivity (Wildman–Crippen MR) is 82.6 cm³/mol. The highest BCUT2D eigenvalue weighted by atomic mass is 79.9. The molecule has 0 radical (unpaired) electrons. The fourth-order valence-electron chi connectivity index (χ4n) is 1.98. The van der Waals surface area contributed by atoms with Gasteiger partial charge in [0.05, 0.1) is 23.0 Å². The van der Waals surface area contributed by atoms with Crippen molar-refractivity contribution in [1.82, 2.24) is 10.2 Å². The highest BCUT2D eigenvalue weighted by Crippen LogP contribution is 2.24. The maximum Gasteiger partial charge on any atom is 0.256 e. The van der Waals surface area contributed by atoms with E-state index >= 15 is 0 Å². The summed E-state index contributed by atoms with van der Waals surface area (Å²) in [7, 11) is 0. The number of nitrogens with one attached hydrogen (secondary N) is 2. The smallest absolute Gasteiger partial charge is 0.256 e. The highest BCUT2D eigenvalue weighted by Gasteiger charge is 2.12. The molecule has 0 bridgehead atoms. The van der Waals surface area contributed by atoms with Gasteiger partial charge < -0.3 is 11.1 Å². The van der Waals surface area contributed by atoms with Gasteiger partial charge in [-0.3, -0.25) is 9.89 Å². The molecule has 4 N–H and O–H groups in total. The fourth-order valence-corrected chi connectivity index (χ4v) is 2.41. The minimum absolute atomic E-state index is 0.230. The first-order chi connectivity index (χ1) is 9.65. The van der Waals surface area contributed by atoms with Crippen molar-refractivity contribution in [2.45, 2.75) is 0 Å².